The Bertz CT molecular complexity index is 705. The third-order valence-electron chi connectivity index (χ3n) is 3.70. The number of nitrogens with zero attached hydrogens (tertiary/aromatic N) is 1. The molecule has 1 saturated heterocycles. The van der Waals surface area contributed by atoms with Gasteiger partial charge in [0.05, 0.1) is 11.4 Å². The Labute approximate surface area is 153 Å². The second kappa shape index (κ2) is 9.14. The van der Waals surface area contributed by atoms with E-state index in [1.165, 1.54) is 38.2 Å². The minimum atomic E-state index is -3.76. The van der Waals surface area contributed by atoms with E-state index in [1.54, 1.807) is 0 Å². The zero-order valence-electron chi connectivity index (χ0n) is 14.1. The van der Waals surface area contributed by atoms with Crippen molar-refractivity contribution >= 4 is 39.9 Å². The molecule has 0 bridgehead atoms. The normalized spacial score (nSPS) is 14.4. The van der Waals surface area contributed by atoms with E-state index in [0.29, 0.717) is 18.2 Å². The number of rotatable bonds is 7. The van der Waals surface area contributed by atoms with Gasteiger partial charge in [0.25, 0.3) is 0 Å². The highest BCUT2D eigenvalue weighted by Gasteiger charge is 2.24. The number of likely N-dealkylation sites (N-methyl/N-ethyl adjacent to an activating group) is 1. The third-order valence-corrected chi connectivity index (χ3v) is 5.52. The molecule has 1 aromatic rings. The fourth-order valence-corrected chi connectivity index (χ4v) is 3.31. The summed E-state index contributed by atoms with van der Waals surface area (Å²) >= 11 is 0. The fraction of sp³-hybridized carbons (Fsp3) is 0.467. The van der Waals surface area contributed by atoms with Crippen molar-refractivity contribution in [3.05, 3.63) is 24.3 Å². The molecule has 1 aliphatic rings. The SMILES string of the molecule is CC(=O)Nc1ccc(S(=O)(=O)N(C)CC(=O)NCC2CNC2)cc1.Cl. The average Bonchev–Trinajstić information content (AvgIpc) is 2.45. The molecule has 1 heterocycles. The number of anilines is 1. The lowest BCUT2D eigenvalue weighted by molar-refractivity contribution is -0.121. The van der Waals surface area contributed by atoms with Gasteiger partial charge in [-0.1, -0.05) is 0 Å². The molecule has 0 saturated carbocycles. The number of amides is 2. The van der Waals surface area contributed by atoms with Gasteiger partial charge in [-0.05, 0) is 24.3 Å². The first kappa shape index (κ1) is 21.4. The van der Waals surface area contributed by atoms with Crippen LogP contribution in [0, 0.1) is 5.92 Å². The summed E-state index contributed by atoms with van der Waals surface area (Å²) in [6.07, 6.45) is 0. The molecule has 0 radical (unpaired) electrons. The Morgan fingerprint density at radius 2 is 1.84 bits per heavy atom. The molecule has 3 N–H and O–H groups in total. The summed E-state index contributed by atoms with van der Waals surface area (Å²) in [7, 11) is -2.40. The van der Waals surface area contributed by atoms with Gasteiger partial charge in [0.1, 0.15) is 0 Å². The van der Waals surface area contributed by atoms with E-state index >= 15 is 0 Å². The van der Waals surface area contributed by atoms with E-state index in [1.807, 2.05) is 0 Å². The maximum absolute atomic E-state index is 12.5. The molecule has 0 atom stereocenters. The number of sulfonamides is 1. The summed E-state index contributed by atoms with van der Waals surface area (Å²) in [6, 6.07) is 5.81. The topological polar surface area (TPSA) is 108 Å². The zero-order chi connectivity index (χ0) is 17.7. The number of hydrogen-bond acceptors (Lipinski definition) is 5. The molecule has 0 unspecified atom stereocenters. The number of halogens is 1. The molecule has 10 heteroatoms. The van der Waals surface area contributed by atoms with Crippen LogP contribution in [-0.2, 0) is 19.6 Å². The van der Waals surface area contributed by atoms with Crippen LogP contribution in [0.3, 0.4) is 0 Å². The number of carbonyl (C=O) groups is 2. The quantitative estimate of drug-likeness (QED) is 0.608. The highest BCUT2D eigenvalue weighted by molar-refractivity contribution is 7.89. The Hall–Kier alpha value is -1.68. The lowest BCUT2D eigenvalue weighted by atomic mass is 10.0. The number of benzene rings is 1. The summed E-state index contributed by atoms with van der Waals surface area (Å²) in [5.74, 6) is -0.152. The Morgan fingerprint density at radius 1 is 1.24 bits per heavy atom. The Balaban J connectivity index is 0.00000312. The van der Waals surface area contributed by atoms with Gasteiger partial charge in [0.2, 0.25) is 21.8 Å². The Kier molecular flexibility index (Phi) is 7.81. The van der Waals surface area contributed by atoms with E-state index in [4.69, 9.17) is 0 Å². The summed E-state index contributed by atoms with van der Waals surface area (Å²) in [5, 5.41) is 8.41. The lowest BCUT2D eigenvalue weighted by Gasteiger charge is -2.27. The van der Waals surface area contributed by atoms with E-state index in [-0.39, 0.29) is 35.7 Å². The molecule has 0 aliphatic carbocycles. The summed E-state index contributed by atoms with van der Waals surface area (Å²) in [5.41, 5.74) is 0.510. The van der Waals surface area contributed by atoms with Crippen LogP contribution in [0.25, 0.3) is 0 Å². The van der Waals surface area contributed by atoms with Crippen LogP contribution in [0.5, 0.6) is 0 Å². The lowest BCUT2D eigenvalue weighted by Crippen LogP contribution is -2.49. The van der Waals surface area contributed by atoms with E-state index in [2.05, 4.69) is 16.0 Å². The molecule has 1 aromatic carbocycles. The second-order valence-corrected chi connectivity index (χ2v) is 7.84. The van der Waals surface area contributed by atoms with Crippen molar-refractivity contribution in [2.24, 2.45) is 5.92 Å². The van der Waals surface area contributed by atoms with Gasteiger partial charge in [-0.2, -0.15) is 4.31 Å². The minimum absolute atomic E-state index is 0. The van der Waals surface area contributed by atoms with Crippen LogP contribution >= 0.6 is 12.4 Å². The number of hydrogen-bond donors (Lipinski definition) is 3. The second-order valence-electron chi connectivity index (χ2n) is 5.79. The van der Waals surface area contributed by atoms with Crippen molar-refractivity contribution in [2.75, 3.05) is 38.5 Å². The van der Waals surface area contributed by atoms with Crippen LogP contribution in [0.15, 0.2) is 29.2 Å². The van der Waals surface area contributed by atoms with E-state index in [0.717, 1.165) is 17.4 Å². The predicted octanol–water partition coefficient (Wildman–Crippen LogP) is 0.0229. The molecule has 8 nitrogen and oxygen atoms in total. The first-order chi connectivity index (χ1) is 11.3. The van der Waals surface area contributed by atoms with Gasteiger partial charge in [-0.15, -0.1) is 12.4 Å². The van der Waals surface area contributed by atoms with Crippen LogP contribution in [-0.4, -0.2) is 57.8 Å². The molecule has 1 aliphatic heterocycles. The van der Waals surface area contributed by atoms with Crippen LogP contribution < -0.4 is 16.0 Å². The molecule has 140 valence electrons. The molecular formula is C15H23ClN4O4S. The first-order valence-corrected chi connectivity index (χ1v) is 9.04. The molecule has 1 fully saturated rings. The molecule has 0 spiro atoms. The van der Waals surface area contributed by atoms with Gasteiger partial charge >= 0.3 is 0 Å². The van der Waals surface area contributed by atoms with Crippen molar-refractivity contribution in [3.8, 4) is 0 Å². The molecule has 0 aromatic heterocycles. The van der Waals surface area contributed by atoms with Crippen molar-refractivity contribution < 1.29 is 18.0 Å². The first-order valence-electron chi connectivity index (χ1n) is 7.60. The van der Waals surface area contributed by atoms with Crippen molar-refractivity contribution in [3.63, 3.8) is 0 Å². The monoisotopic (exact) mass is 390 g/mol. The van der Waals surface area contributed by atoms with E-state index in [9.17, 15) is 18.0 Å². The van der Waals surface area contributed by atoms with Crippen LogP contribution in [0.2, 0.25) is 0 Å². The molecule has 25 heavy (non-hydrogen) atoms. The van der Waals surface area contributed by atoms with Gasteiger partial charge < -0.3 is 16.0 Å². The highest BCUT2D eigenvalue weighted by atomic mass is 35.5. The molecule has 2 rings (SSSR count). The van der Waals surface area contributed by atoms with Gasteiger partial charge in [-0.25, -0.2) is 8.42 Å². The largest absolute Gasteiger partial charge is 0.355 e. The molecular weight excluding hydrogens is 368 g/mol. The maximum atomic E-state index is 12.5. The van der Waals surface area contributed by atoms with Gasteiger partial charge in [-0.3, -0.25) is 9.59 Å². The van der Waals surface area contributed by atoms with E-state index < -0.39 is 10.0 Å². The third kappa shape index (κ3) is 5.96. The zero-order valence-corrected chi connectivity index (χ0v) is 15.7. The van der Waals surface area contributed by atoms with Gasteiger partial charge in [0.15, 0.2) is 0 Å². The maximum Gasteiger partial charge on any atom is 0.243 e. The smallest absolute Gasteiger partial charge is 0.243 e. The van der Waals surface area contributed by atoms with Crippen LogP contribution in [0.1, 0.15) is 6.92 Å². The van der Waals surface area contributed by atoms with Gasteiger partial charge in [0, 0.05) is 45.2 Å². The predicted molar refractivity (Wildman–Crippen MR) is 97.2 cm³/mol. The fourth-order valence-electron chi connectivity index (χ4n) is 2.19. The summed E-state index contributed by atoms with van der Waals surface area (Å²) in [6.45, 7) is 3.42. The number of carbonyl (C=O) groups excluding carboxylic acids is 2. The van der Waals surface area contributed by atoms with Crippen molar-refractivity contribution in [2.45, 2.75) is 11.8 Å². The minimum Gasteiger partial charge on any atom is -0.355 e. The van der Waals surface area contributed by atoms with Crippen molar-refractivity contribution in [1.29, 1.82) is 0 Å². The van der Waals surface area contributed by atoms with Crippen LogP contribution in [0.4, 0.5) is 5.69 Å². The number of nitrogens with one attached hydrogen (secondary N) is 3. The summed E-state index contributed by atoms with van der Waals surface area (Å²) < 4.78 is 25.9. The van der Waals surface area contributed by atoms with Crippen molar-refractivity contribution in [1.82, 2.24) is 14.9 Å². The standard InChI is InChI=1S/C15H22N4O4S.ClH/c1-11(20)18-13-3-5-14(6-4-13)24(22,23)19(2)10-15(21)17-9-12-7-16-8-12;/h3-6,12,16H,7-10H2,1-2H3,(H,17,21)(H,18,20);1H. The highest BCUT2D eigenvalue weighted by Crippen LogP contribution is 2.17. The summed E-state index contributed by atoms with van der Waals surface area (Å²) in [4.78, 5) is 22.9. The Morgan fingerprint density at radius 3 is 2.32 bits per heavy atom. The average molecular weight is 391 g/mol. The molecule has 2 amide bonds.